The summed E-state index contributed by atoms with van der Waals surface area (Å²) < 4.78 is 5.09. The second-order valence-electron chi connectivity index (χ2n) is 4.30. The minimum atomic E-state index is -0.608. The Morgan fingerprint density at radius 3 is 2.59 bits per heavy atom. The number of carbonyl (C=O) groups excluding carboxylic acids is 1. The third kappa shape index (κ3) is 5.00. The summed E-state index contributed by atoms with van der Waals surface area (Å²) in [5.41, 5.74) is 0.957. The van der Waals surface area contributed by atoms with Gasteiger partial charge >= 0.3 is 5.97 Å². The molecule has 1 N–H and O–H groups in total. The molecule has 2 atom stereocenters. The van der Waals surface area contributed by atoms with E-state index in [-0.39, 0.29) is 24.9 Å². The van der Waals surface area contributed by atoms with Crippen molar-refractivity contribution in [3.8, 4) is 0 Å². The topological polar surface area (TPSA) is 46.5 Å². The Balaban J connectivity index is 2.31. The predicted molar refractivity (Wildman–Crippen MR) is 66.3 cm³/mol. The summed E-state index contributed by atoms with van der Waals surface area (Å²) in [7, 11) is 0. The molecule has 0 heterocycles. The largest absolute Gasteiger partial charge is 0.461 e. The summed E-state index contributed by atoms with van der Waals surface area (Å²) in [5, 5.41) is 9.68. The summed E-state index contributed by atoms with van der Waals surface area (Å²) in [5.74, 6) is -0.221. The van der Waals surface area contributed by atoms with Crippen LogP contribution in [0.2, 0.25) is 0 Å². The second-order valence-corrected chi connectivity index (χ2v) is 4.30. The van der Waals surface area contributed by atoms with Crippen molar-refractivity contribution in [1.29, 1.82) is 0 Å². The molecule has 3 heteroatoms. The standard InChI is InChI=1S/C14H20O3/c1-3-11(2)13(15)9-14(16)17-10-12-7-5-4-6-8-12/h4-8,11,13,15H,3,9-10H2,1-2H3/t11-,13+/m0/s1. The van der Waals surface area contributed by atoms with Crippen LogP contribution in [0.15, 0.2) is 30.3 Å². The van der Waals surface area contributed by atoms with E-state index in [0.29, 0.717) is 0 Å². The molecule has 0 aliphatic rings. The fourth-order valence-electron chi connectivity index (χ4n) is 1.44. The third-order valence-corrected chi connectivity index (χ3v) is 2.92. The van der Waals surface area contributed by atoms with Crippen LogP contribution in [-0.2, 0) is 16.1 Å². The zero-order valence-corrected chi connectivity index (χ0v) is 10.4. The molecule has 3 nitrogen and oxygen atoms in total. The van der Waals surface area contributed by atoms with Crippen LogP contribution in [0.3, 0.4) is 0 Å². The number of aliphatic hydroxyl groups is 1. The van der Waals surface area contributed by atoms with Crippen LogP contribution in [-0.4, -0.2) is 17.2 Å². The maximum atomic E-state index is 11.5. The molecule has 17 heavy (non-hydrogen) atoms. The molecule has 0 aliphatic heterocycles. The summed E-state index contributed by atoms with van der Waals surface area (Å²) in [6, 6.07) is 9.52. The molecule has 0 bridgehead atoms. The first-order valence-electron chi connectivity index (χ1n) is 6.01. The van der Waals surface area contributed by atoms with Crippen molar-refractivity contribution < 1.29 is 14.6 Å². The number of hydrogen-bond donors (Lipinski definition) is 1. The molecule has 1 aromatic rings. The molecule has 0 aliphatic carbocycles. The lowest BCUT2D eigenvalue weighted by atomic mass is 9.99. The quantitative estimate of drug-likeness (QED) is 0.772. The Morgan fingerprint density at radius 2 is 2.00 bits per heavy atom. The van der Waals surface area contributed by atoms with E-state index in [2.05, 4.69) is 0 Å². The summed E-state index contributed by atoms with van der Waals surface area (Å²) >= 11 is 0. The molecule has 0 radical (unpaired) electrons. The maximum absolute atomic E-state index is 11.5. The number of benzene rings is 1. The Morgan fingerprint density at radius 1 is 1.35 bits per heavy atom. The molecule has 94 valence electrons. The van der Waals surface area contributed by atoms with E-state index in [9.17, 15) is 9.90 Å². The average Bonchev–Trinajstić information content (AvgIpc) is 2.36. The van der Waals surface area contributed by atoms with Crippen molar-refractivity contribution in [2.45, 2.75) is 39.4 Å². The lowest BCUT2D eigenvalue weighted by Gasteiger charge is -2.16. The third-order valence-electron chi connectivity index (χ3n) is 2.92. The number of hydrogen-bond acceptors (Lipinski definition) is 3. The van der Waals surface area contributed by atoms with Crippen molar-refractivity contribution in [2.24, 2.45) is 5.92 Å². The van der Waals surface area contributed by atoms with Gasteiger partial charge in [-0.25, -0.2) is 0 Å². The Labute approximate surface area is 102 Å². The normalized spacial score (nSPS) is 14.1. The highest BCUT2D eigenvalue weighted by molar-refractivity contribution is 5.70. The zero-order valence-electron chi connectivity index (χ0n) is 10.4. The highest BCUT2D eigenvalue weighted by Crippen LogP contribution is 2.12. The van der Waals surface area contributed by atoms with E-state index in [0.717, 1.165) is 12.0 Å². The number of aliphatic hydroxyl groups excluding tert-OH is 1. The van der Waals surface area contributed by atoms with Gasteiger partial charge in [0.1, 0.15) is 6.61 Å². The zero-order chi connectivity index (χ0) is 12.7. The predicted octanol–water partition coefficient (Wildman–Crippen LogP) is 2.53. The van der Waals surface area contributed by atoms with Crippen molar-refractivity contribution in [2.75, 3.05) is 0 Å². The van der Waals surface area contributed by atoms with Gasteiger partial charge < -0.3 is 9.84 Å². The van der Waals surface area contributed by atoms with Crippen LogP contribution < -0.4 is 0 Å². The molecule has 0 unspecified atom stereocenters. The first kappa shape index (κ1) is 13.7. The van der Waals surface area contributed by atoms with E-state index in [1.54, 1.807) is 0 Å². The Kier molecular flexibility index (Phi) is 5.70. The molecule has 0 aromatic heterocycles. The number of carbonyl (C=O) groups is 1. The molecular formula is C14H20O3. The SMILES string of the molecule is CC[C@H](C)[C@H](O)CC(=O)OCc1ccccc1. The number of esters is 1. The first-order valence-corrected chi connectivity index (χ1v) is 6.01. The van der Waals surface area contributed by atoms with Gasteiger partial charge in [0.25, 0.3) is 0 Å². The minimum Gasteiger partial charge on any atom is -0.461 e. The molecule has 1 rings (SSSR count). The molecule has 0 fully saturated rings. The molecule has 0 spiro atoms. The van der Waals surface area contributed by atoms with Gasteiger partial charge in [0.2, 0.25) is 0 Å². The Hall–Kier alpha value is -1.35. The van der Waals surface area contributed by atoms with Gasteiger partial charge in [-0.1, -0.05) is 50.6 Å². The van der Waals surface area contributed by atoms with Gasteiger partial charge in [0.15, 0.2) is 0 Å². The van der Waals surface area contributed by atoms with E-state index < -0.39 is 6.10 Å². The van der Waals surface area contributed by atoms with E-state index in [4.69, 9.17) is 4.74 Å². The lowest BCUT2D eigenvalue weighted by Crippen LogP contribution is -2.22. The van der Waals surface area contributed by atoms with Gasteiger partial charge in [0, 0.05) is 0 Å². The van der Waals surface area contributed by atoms with Crippen LogP contribution in [0.5, 0.6) is 0 Å². The monoisotopic (exact) mass is 236 g/mol. The lowest BCUT2D eigenvalue weighted by molar-refractivity contribution is -0.147. The van der Waals surface area contributed by atoms with E-state index in [1.165, 1.54) is 0 Å². The number of rotatable bonds is 6. The molecule has 0 saturated carbocycles. The molecule has 0 saturated heterocycles. The van der Waals surface area contributed by atoms with Crippen LogP contribution >= 0.6 is 0 Å². The fraction of sp³-hybridized carbons (Fsp3) is 0.500. The molecule has 1 aromatic carbocycles. The van der Waals surface area contributed by atoms with Crippen molar-refractivity contribution >= 4 is 5.97 Å². The van der Waals surface area contributed by atoms with E-state index in [1.807, 2.05) is 44.2 Å². The second kappa shape index (κ2) is 7.07. The van der Waals surface area contributed by atoms with Crippen molar-refractivity contribution in [1.82, 2.24) is 0 Å². The van der Waals surface area contributed by atoms with Crippen molar-refractivity contribution in [3.05, 3.63) is 35.9 Å². The average molecular weight is 236 g/mol. The van der Waals surface area contributed by atoms with Gasteiger partial charge in [0.05, 0.1) is 12.5 Å². The van der Waals surface area contributed by atoms with Crippen LogP contribution in [0, 0.1) is 5.92 Å². The smallest absolute Gasteiger partial charge is 0.308 e. The highest BCUT2D eigenvalue weighted by Gasteiger charge is 2.17. The van der Waals surface area contributed by atoms with Gasteiger partial charge in [-0.05, 0) is 11.5 Å². The van der Waals surface area contributed by atoms with Gasteiger partial charge in [-0.3, -0.25) is 4.79 Å². The highest BCUT2D eigenvalue weighted by atomic mass is 16.5. The van der Waals surface area contributed by atoms with Crippen LogP contribution in [0.4, 0.5) is 0 Å². The van der Waals surface area contributed by atoms with Crippen LogP contribution in [0.25, 0.3) is 0 Å². The summed E-state index contributed by atoms with van der Waals surface area (Å²) in [6.45, 7) is 4.19. The molecular weight excluding hydrogens is 216 g/mol. The van der Waals surface area contributed by atoms with Gasteiger partial charge in [-0.2, -0.15) is 0 Å². The first-order chi connectivity index (χ1) is 8.13. The molecule has 0 amide bonds. The minimum absolute atomic E-state index is 0.0713. The van der Waals surface area contributed by atoms with E-state index >= 15 is 0 Å². The summed E-state index contributed by atoms with van der Waals surface area (Å²) in [6.07, 6.45) is 0.317. The maximum Gasteiger partial charge on any atom is 0.308 e. The summed E-state index contributed by atoms with van der Waals surface area (Å²) in [4.78, 5) is 11.5. The number of ether oxygens (including phenoxy) is 1. The Bertz CT molecular complexity index is 335. The van der Waals surface area contributed by atoms with Crippen molar-refractivity contribution in [3.63, 3.8) is 0 Å². The fourth-order valence-corrected chi connectivity index (χ4v) is 1.44. The van der Waals surface area contributed by atoms with Crippen LogP contribution in [0.1, 0.15) is 32.3 Å². The van der Waals surface area contributed by atoms with Gasteiger partial charge in [-0.15, -0.1) is 0 Å².